The van der Waals surface area contributed by atoms with Crippen LogP contribution in [-0.2, 0) is 4.79 Å². The maximum absolute atomic E-state index is 12.6. The number of nitrogens with one attached hydrogen (secondary N) is 1. The van der Waals surface area contributed by atoms with Gasteiger partial charge in [0.25, 0.3) is 0 Å². The van der Waals surface area contributed by atoms with Crippen molar-refractivity contribution in [2.45, 2.75) is 124 Å². The SMILES string of the molecule is CCCCC/C=C\C/C=C\CCCCCCCC(=O)Nc1c(C(C)C)cccc1C(C)C. The summed E-state index contributed by atoms with van der Waals surface area (Å²) in [7, 11) is 0. The molecule has 1 N–H and O–H groups in total. The molecule has 32 heavy (non-hydrogen) atoms. The van der Waals surface area contributed by atoms with E-state index in [9.17, 15) is 4.79 Å². The smallest absolute Gasteiger partial charge is 0.224 e. The zero-order chi connectivity index (χ0) is 23.6. The highest BCUT2D eigenvalue weighted by Gasteiger charge is 2.15. The zero-order valence-corrected chi connectivity index (χ0v) is 21.6. The third kappa shape index (κ3) is 12.3. The van der Waals surface area contributed by atoms with Crippen molar-refractivity contribution in [1.82, 2.24) is 0 Å². The van der Waals surface area contributed by atoms with Crippen LogP contribution in [0.3, 0.4) is 0 Å². The van der Waals surface area contributed by atoms with Crippen molar-refractivity contribution < 1.29 is 4.79 Å². The van der Waals surface area contributed by atoms with Crippen LogP contribution in [0.4, 0.5) is 5.69 Å². The Kier molecular flexibility index (Phi) is 15.6. The van der Waals surface area contributed by atoms with Crippen molar-refractivity contribution >= 4 is 11.6 Å². The molecule has 0 atom stereocenters. The van der Waals surface area contributed by atoms with Gasteiger partial charge in [0.15, 0.2) is 0 Å². The second-order valence-electron chi connectivity index (χ2n) is 9.65. The van der Waals surface area contributed by atoms with Crippen molar-refractivity contribution in [1.29, 1.82) is 0 Å². The van der Waals surface area contributed by atoms with Gasteiger partial charge in [-0.3, -0.25) is 4.79 Å². The van der Waals surface area contributed by atoms with E-state index in [1.165, 1.54) is 62.5 Å². The molecule has 0 aliphatic rings. The normalized spacial score (nSPS) is 12.0. The van der Waals surface area contributed by atoms with E-state index in [1.807, 2.05) is 0 Å². The molecule has 180 valence electrons. The van der Waals surface area contributed by atoms with Crippen molar-refractivity contribution in [2.24, 2.45) is 0 Å². The average Bonchev–Trinajstić information content (AvgIpc) is 2.76. The molecule has 0 aliphatic carbocycles. The van der Waals surface area contributed by atoms with Crippen LogP contribution in [0.15, 0.2) is 42.5 Å². The number of carbonyl (C=O) groups is 1. The van der Waals surface area contributed by atoms with Crippen molar-refractivity contribution in [3.8, 4) is 0 Å². The number of rotatable bonds is 17. The third-order valence-electron chi connectivity index (χ3n) is 5.99. The Morgan fingerprint density at radius 1 is 0.781 bits per heavy atom. The first-order valence-corrected chi connectivity index (χ1v) is 13.2. The van der Waals surface area contributed by atoms with Crippen LogP contribution in [0.2, 0.25) is 0 Å². The Hall–Kier alpha value is -1.83. The quantitative estimate of drug-likeness (QED) is 0.190. The Balaban J connectivity index is 2.18. The molecule has 0 saturated carbocycles. The van der Waals surface area contributed by atoms with Crippen LogP contribution in [0.1, 0.15) is 135 Å². The Morgan fingerprint density at radius 3 is 1.88 bits per heavy atom. The summed E-state index contributed by atoms with van der Waals surface area (Å²) < 4.78 is 0. The lowest BCUT2D eigenvalue weighted by Crippen LogP contribution is -2.15. The minimum atomic E-state index is 0.158. The maximum atomic E-state index is 12.6. The fraction of sp³-hybridized carbons (Fsp3) is 0.633. The molecule has 1 amide bonds. The van der Waals surface area contributed by atoms with Crippen molar-refractivity contribution in [2.75, 3.05) is 5.32 Å². The molecular formula is C30H49NO. The fourth-order valence-electron chi connectivity index (χ4n) is 3.99. The second kappa shape index (κ2) is 17.7. The summed E-state index contributed by atoms with van der Waals surface area (Å²) in [5, 5.41) is 3.24. The number of hydrogen-bond acceptors (Lipinski definition) is 1. The molecule has 0 radical (unpaired) electrons. The maximum Gasteiger partial charge on any atom is 0.224 e. The summed E-state index contributed by atoms with van der Waals surface area (Å²) >= 11 is 0. The molecule has 1 aromatic carbocycles. The Morgan fingerprint density at radius 2 is 1.31 bits per heavy atom. The predicted molar refractivity (Wildman–Crippen MR) is 143 cm³/mol. The van der Waals surface area contributed by atoms with Crippen molar-refractivity contribution in [3.63, 3.8) is 0 Å². The van der Waals surface area contributed by atoms with Crippen LogP contribution in [0, 0.1) is 0 Å². The molecule has 0 bridgehead atoms. The molecule has 2 nitrogen and oxygen atoms in total. The van der Waals surface area contributed by atoms with Gasteiger partial charge in [-0.2, -0.15) is 0 Å². The van der Waals surface area contributed by atoms with E-state index in [0.29, 0.717) is 18.3 Å². The van der Waals surface area contributed by atoms with E-state index in [1.54, 1.807) is 0 Å². The standard InChI is InChI=1S/C30H49NO/c1-6-7-8-9-10-11-12-13-14-15-16-17-18-19-20-24-29(32)31-30-27(25(2)3)22-21-23-28(30)26(4)5/h10-11,13-14,21-23,25-26H,6-9,12,15-20,24H2,1-5H3,(H,31,32)/b11-10-,14-13-. The minimum Gasteiger partial charge on any atom is -0.326 e. The summed E-state index contributed by atoms with van der Waals surface area (Å²) in [5.74, 6) is 0.963. The van der Waals surface area contributed by atoms with Gasteiger partial charge in [-0.15, -0.1) is 0 Å². The van der Waals surface area contributed by atoms with Crippen LogP contribution >= 0.6 is 0 Å². The molecule has 0 spiro atoms. The van der Waals surface area contributed by atoms with E-state index < -0.39 is 0 Å². The number of benzene rings is 1. The van der Waals surface area contributed by atoms with Gasteiger partial charge in [-0.05, 0) is 61.5 Å². The van der Waals surface area contributed by atoms with E-state index in [0.717, 1.165) is 24.9 Å². The number of allylic oxidation sites excluding steroid dienone is 4. The number of hydrogen-bond donors (Lipinski definition) is 1. The summed E-state index contributed by atoms with van der Waals surface area (Å²) in [5.41, 5.74) is 3.53. The molecule has 0 saturated heterocycles. The van der Waals surface area contributed by atoms with Gasteiger partial charge in [0.05, 0.1) is 0 Å². The van der Waals surface area contributed by atoms with E-state index in [4.69, 9.17) is 0 Å². The summed E-state index contributed by atoms with van der Waals surface area (Å²) in [4.78, 5) is 12.6. The number of amides is 1. The molecule has 2 heteroatoms. The lowest BCUT2D eigenvalue weighted by Gasteiger charge is -2.20. The summed E-state index contributed by atoms with van der Waals surface area (Å²) in [6.45, 7) is 11.0. The van der Waals surface area contributed by atoms with Gasteiger partial charge in [-0.25, -0.2) is 0 Å². The average molecular weight is 440 g/mol. The Bertz CT molecular complexity index is 658. The first kappa shape index (κ1) is 28.2. The summed E-state index contributed by atoms with van der Waals surface area (Å²) in [6.07, 6.45) is 23.1. The second-order valence-corrected chi connectivity index (χ2v) is 9.65. The largest absolute Gasteiger partial charge is 0.326 e. The lowest BCUT2D eigenvalue weighted by molar-refractivity contribution is -0.116. The van der Waals surface area contributed by atoms with Gasteiger partial charge in [-0.1, -0.05) is 109 Å². The topological polar surface area (TPSA) is 29.1 Å². The molecule has 0 aliphatic heterocycles. The van der Waals surface area contributed by atoms with Gasteiger partial charge in [0.2, 0.25) is 5.91 Å². The van der Waals surface area contributed by atoms with Crippen LogP contribution in [0.5, 0.6) is 0 Å². The van der Waals surface area contributed by atoms with Crippen molar-refractivity contribution in [3.05, 3.63) is 53.6 Å². The van der Waals surface area contributed by atoms with Crippen LogP contribution in [0.25, 0.3) is 0 Å². The van der Waals surface area contributed by atoms with E-state index in [-0.39, 0.29) is 5.91 Å². The third-order valence-corrected chi connectivity index (χ3v) is 5.99. The highest BCUT2D eigenvalue weighted by atomic mass is 16.1. The fourth-order valence-corrected chi connectivity index (χ4v) is 3.99. The number of para-hydroxylation sites is 1. The molecule has 1 aromatic rings. The van der Waals surface area contributed by atoms with E-state index in [2.05, 4.69) is 82.4 Å². The highest BCUT2D eigenvalue weighted by Crippen LogP contribution is 2.32. The number of unbranched alkanes of at least 4 members (excludes halogenated alkanes) is 8. The first-order valence-electron chi connectivity index (χ1n) is 13.2. The van der Waals surface area contributed by atoms with E-state index >= 15 is 0 Å². The lowest BCUT2D eigenvalue weighted by atomic mass is 9.92. The number of carbonyl (C=O) groups excluding carboxylic acids is 1. The molecule has 1 rings (SSSR count). The first-order chi connectivity index (χ1) is 15.5. The van der Waals surface area contributed by atoms with Gasteiger partial charge >= 0.3 is 0 Å². The number of anilines is 1. The Labute approximate surface area is 199 Å². The highest BCUT2D eigenvalue weighted by molar-refractivity contribution is 5.92. The minimum absolute atomic E-state index is 0.158. The molecular weight excluding hydrogens is 390 g/mol. The molecule has 0 unspecified atom stereocenters. The van der Waals surface area contributed by atoms with Crippen LogP contribution in [-0.4, -0.2) is 5.91 Å². The summed E-state index contributed by atoms with van der Waals surface area (Å²) in [6, 6.07) is 6.40. The van der Waals surface area contributed by atoms with Gasteiger partial charge in [0, 0.05) is 12.1 Å². The van der Waals surface area contributed by atoms with Gasteiger partial charge < -0.3 is 5.32 Å². The molecule has 0 fully saturated rings. The zero-order valence-electron chi connectivity index (χ0n) is 21.6. The predicted octanol–water partition coefficient (Wildman–Crippen LogP) is 9.69. The molecule has 0 aromatic heterocycles. The van der Waals surface area contributed by atoms with Crippen LogP contribution < -0.4 is 5.32 Å². The van der Waals surface area contributed by atoms with Gasteiger partial charge in [0.1, 0.15) is 0 Å². The monoisotopic (exact) mass is 439 g/mol. The molecule has 0 heterocycles.